The Kier molecular flexibility index (Phi) is 5.87. The molecule has 0 aliphatic carbocycles. The summed E-state index contributed by atoms with van der Waals surface area (Å²) in [6.45, 7) is 4.27. The van der Waals surface area contributed by atoms with Crippen LogP contribution in [0.15, 0.2) is 36.5 Å². The van der Waals surface area contributed by atoms with Crippen LogP contribution in [0.3, 0.4) is 0 Å². The number of hydrogen-bond acceptors (Lipinski definition) is 4. The number of nitrogens with zero attached hydrogens (tertiary/aromatic N) is 3. The van der Waals surface area contributed by atoms with E-state index in [1.165, 1.54) is 0 Å². The summed E-state index contributed by atoms with van der Waals surface area (Å²) in [5.41, 5.74) is 0.228. The van der Waals surface area contributed by atoms with E-state index in [2.05, 4.69) is 15.6 Å². The van der Waals surface area contributed by atoms with E-state index in [4.69, 9.17) is 0 Å². The molecular weight excluding hydrogens is 292 g/mol. The minimum atomic E-state index is -0.853. The lowest BCUT2D eigenvalue weighted by Crippen LogP contribution is -2.43. The quantitative estimate of drug-likeness (QED) is 0.783. The van der Waals surface area contributed by atoms with Crippen molar-refractivity contribution in [1.29, 1.82) is 0 Å². The highest BCUT2D eigenvalue weighted by atomic mass is 16.3. The van der Waals surface area contributed by atoms with Gasteiger partial charge in [-0.3, -0.25) is 4.79 Å². The van der Waals surface area contributed by atoms with Crippen LogP contribution in [0.1, 0.15) is 50.0 Å². The third kappa shape index (κ3) is 4.63. The summed E-state index contributed by atoms with van der Waals surface area (Å²) in [6, 6.07) is 9.48. The number of hydrogen-bond donors (Lipinski definition) is 2. The minimum Gasteiger partial charge on any atom is -0.388 e. The largest absolute Gasteiger partial charge is 0.388 e. The van der Waals surface area contributed by atoms with E-state index >= 15 is 0 Å². The highest BCUT2D eigenvalue weighted by Gasteiger charge is 2.26. The molecule has 0 aliphatic heterocycles. The SMILES string of the molecule is CCCC(O)(CCC)CNC(=O)c1cn(-c2ccccc2)nn1. The number of benzene rings is 1. The molecule has 1 aromatic carbocycles. The van der Waals surface area contributed by atoms with Crippen LogP contribution < -0.4 is 5.32 Å². The molecule has 6 heteroatoms. The molecule has 1 heterocycles. The maximum Gasteiger partial charge on any atom is 0.273 e. The van der Waals surface area contributed by atoms with E-state index < -0.39 is 5.60 Å². The molecule has 0 fully saturated rings. The Hall–Kier alpha value is -2.21. The second kappa shape index (κ2) is 7.87. The summed E-state index contributed by atoms with van der Waals surface area (Å²) in [6.07, 6.45) is 4.66. The number of aliphatic hydroxyl groups is 1. The molecule has 23 heavy (non-hydrogen) atoms. The maximum atomic E-state index is 12.2. The van der Waals surface area contributed by atoms with Gasteiger partial charge in [0.1, 0.15) is 0 Å². The summed E-state index contributed by atoms with van der Waals surface area (Å²) in [5, 5.41) is 21.2. The smallest absolute Gasteiger partial charge is 0.273 e. The van der Waals surface area contributed by atoms with Gasteiger partial charge < -0.3 is 10.4 Å². The molecule has 0 spiro atoms. The zero-order chi connectivity index (χ0) is 16.7. The first-order chi connectivity index (χ1) is 11.1. The number of nitrogens with one attached hydrogen (secondary N) is 1. The molecule has 0 saturated heterocycles. The number of amides is 1. The Morgan fingerprint density at radius 2 is 1.87 bits per heavy atom. The molecule has 1 aromatic heterocycles. The van der Waals surface area contributed by atoms with Crippen LogP contribution in [-0.2, 0) is 0 Å². The molecular formula is C17H24N4O2. The van der Waals surface area contributed by atoms with Crippen LogP contribution in [0.5, 0.6) is 0 Å². The Morgan fingerprint density at radius 3 is 2.48 bits per heavy atom. The van der Waals surface area contributed by atoms with Crippen molar-refractivity contribution in [2.75, 3.05) is 6.54 Å². The standard InChI is InChI=1S/C17H24N4O2/c1-3-10-17(23,11-4-2)13-18-16(22)15-12-21(20-19-15)14-8-6-5-7-9-14/h5-9,12,23H,3-4,10-11,13H2,1-2H3,(H,18,22). The topological polar surface area (TPSA) is 80.0 Å². The Labute approximate surface area is 136 Å². The summed E-state index contributed by atoms with van der Waals surface area (Å²) >= 11 is 0. The van der Waals surface area contributed by atoms with Gasteiger partial charge >= 0.3 is 0 Å². The normalized spacial score (nSPS) is 11.4. The van der Waals surface area contributed by atoms with Gasteiger partial charge in [-0.25, -0.2) is 4.68 Å². The third-order valence-corrected chi connectivity index (χ3v) is 3.76. The van der Waals surface area contributed by atoms with Gasteiger partial charge in [0.15, 0.2) is 5.69 Å². The molecule has 0 unspecified atom stereocenters. The highest BCUT2D eigenvalue weighted by Crippen LogP contribution is 2.18. The van der Waals surface area contributed by atoms with Crippen LogP contribution in [-0.4, -0.2) is 38.2 Å². The second-order valence-corrected chi connectivity index (χ2v) is 5.79. The first-order valence-corrected chi connectivity index (χ1v) is 8.06. The predicted molar refractivity (Wildman–Crippen MR) is 88.5 cm³/mol. The van der Waals surface area contributed by atoms with Crippen molar-refractivity contribution in [1.82, 2.24) is 20.3 Å². The van der Waals surface area contributed by atoms with E-state index in [0.717, 1.165) is 18.5 Å². The van der Waals surface area contributed by atoms with Gasteiger partial charge in [-0.2, -0.15) is 0 Å². The molecule has 0 aliphatic rings. The Balaban J connectivity index is 2.00. The van der Waals surface area contributed by atoms with Gasteiger partial charge in [0, 0.05) is 6.54 Å². The summed E-state index contributed by atoms with van der Waals surface area (Å²) < 4.78 is 1.55. The molecule has 0 bridgehead atoms. The van der Waals surface area contributed by atoms with Crippen LogP contribution >= 0.6 is 0 Å². The van der Waals surface area contributed by atoms with Crippen LogP contribution in [0.2, 0.25) is 0 Å². The fraction of sp³-hybridized carbons (Fsp3) is 0.471. The second-order valence-electron chi connectivity index (χ2n) is 5.79. The Morgan fingerprint density at radius 1 is 1.22 bits per heavy atom. The van der Waals surface area contributed by atoms with Gasteiger partial charge in [-0.15, -0.1) is 5.10 Å². The number of carbonyl (C=O) groups is 1. The molecule has 124 valence electrons. The molecule has 0 saturated carbocycles. The van der Waals surface area contributed by atoms with E-state index in [0.29, 0.717) is 12.8 Å². The van der Waals surface area contributed by atoms with E-state index in [9.17, 15) is 9.90 Å². The van der Waals surface area contributed by atoms with Crippen molar-refractivity contribution in [3.05, 3.63) is 42.2 Å². The van der Waals surface area contributed by atoms with Crippen molar-refractivity contribution in [3.8, 4) is 5.69 Å². The average molecular weight is 316 g/mol. The van der Waals surface area contributed by atoms with Crippen LogP contribution in [0.25, 0.3) is 5.69 Å². The van der Waals surface area contributed by atoms with Gasteiger partial charge in [0.05, 0.1) is 17.5 Å². The number of aromatic nitrogens is 3. The van der Waals surface area contributed by atoms with Crippen LogP contribution in [0.4, 0.5) is 0 Å². The third-order valence-electron chi connectivity index (χ3n) is 3.76. The molecule has 0 radical (unpaired) electrons. The van der Waals surface area contributed by atoms with Gasteiger partial charge in [0.25, 0.3) is 5.91 Å². The first kappa shape index (κ1) is 17.1. The van der Waals surface area contributed by atoms with Gasteiger partial charge in [-0.05, 0) is 25.0 Å². The fourth-order valence-electron chi connectivity index (χ4n) is 2.64. The maximum absolute atomic E-state index is 12.2. The number of para-hydroxylation sites is 1. The number of carbonyl (C=O) groups excluding carboxylic acids is 1. The molecule has 2 rings (SSSR count). The molecule has 0 atom stereocenters. The van der Waals surface area contributed by atoms with Crippen molar-refractivity contribution in [2.45, 2.75) is 45.1 Å². The zero-order valence-corrected chi connectivity index (χ0v) is 13.7. The molecule has 2 aromatic rings. The van der Waals surface area contributed by atoms with E-state index in [-0.39, 0.29) is 18.1 Å². The van der Waals surface area contributed by atoms with E-state index in [1.54, 1.807) is 10.9 Å². The average Bonchev–Trinajstić information content (AvgIpc) is 3.04. The lowest BCUT2D eigenvalue weighted by Gasteiger charge is -2.27. The van der Waals surface area contributed by atoms with Gasteiger partial charge in [-0.1, -0.05) is 50.1 Å². The van der Waals surface area contributed by atoms with Crippen molar-refractivity contribution >= 4 is 5.91 Å². The fourth-order valence-corrected chi connectivity index (χ4v) is 2.64. The summed E-state index contributed by atoms with van der Waals surface area (Å²) in [7, 11) is 0. The molecule has 2 N–H and O–H groups in total. The van der Waals surface area contributed by atoms with Crippen molar-refractivity contribution in [2.24, 2.45) is 0 Å². The summed E-state index contributed by atoms with van der Waals surface area (Å²) in [4.78, 5) is 12.2. The number of rotatable bonds is 8. The Bertz CT molecular complexity index is 619. The highest BCUT2D eigenvalue weighted by molar-refractivity contribution is 5.91. The van der Waals surface area contributed by atoms with Crippen LogP contribution in [0, 0.1) is 0 Å². The van der Waals surface area contributed by atoms with E-state index in [1.807, 2.05) is 44.2 Å². The van der Waals surface area contributed by atoms with Crippen molar-refractivity contribution in [3.63, 3.8) is 0 Å². The first-order valence-electron chi connectivity index (χ1n) is 8.06. The van der Waals surface area contributed by atoms with Crippen molar-refractivity contribution < 1.29 is 9.90 Å². The predicted octanol–water partition coefficient (Wildman–Crippen LogP) is 2.33. The monoisotopic (exact) mass is 316 g/mol. The lowest BCUT2D eigenvalue weighted by atomic mass is 9.92. The zero-order valence-electron chi connectivity index (χ0n) is 13.7. The van der Waals surface area contributed by atoms with Gasteiger partial charge in [0.2, 0.25) is 0 Å². The summed E-state index contributed by atoms with van der Waals surface area (Å²) in [5.74, 6) is -0.321. The molecule has 1 amide bonds. The molecule has 6 nitrogen and oxygen atoms in total. The minimum absolute atomic E-state index is 0.228. The lowest BCUT2D eigenvalue weighted by molar-refractivity contribution is 0.0212.